The molecule has 1 fully saturated rings. The summed E-state index contributed by atoms with van der Waals surface area (Å²) >= 11 is 0. The molecule has 0 saturated heterocycles. The smallest absolute Gasteiger partial charge is 0.203 e. The maximum atomic E-state index is 4.61. The third-order valence-corrected chi connectivity index (χ3v) is 3.66. The number of anilines is 1. The summed E-state index contributed by atoms with van der Waals surface area (Å²) < 4.78 is 2.33. The van der Waals surface area contributed by atoms with Gasteiger partial charge in [-0.25, -0.2) is 4.98 Å². The first-order chi connectivity index (χ1) is 8.70. The first kappa shape index (κ1) is 13.4. The predicted molar refractivity (Wildman–Crippen MR) is 77.1 cm³/mol. The average molecular weight is 249 g/mol. The van der Waals surface area contributed by atoms with Gasteiger partial charge in [0.2, 0.25) is 5.95 Å². The minimum Gasteiger partial charge on any atom is -0.353 e. The summed E-state index contributed by atoms with van der Waals surface area (Å²) in [5.41, 5.74) is 1.13. The Bertz CT molecular complexity index is 366. The number of unbranched alkanes of at least 4 members (excludes halogenated alkanes) is 3. The average Bonchev–Trinajstić information content (AvgIpc) is 3.10. The van der Waals surface area contributed by atoms with Gasteiger partial charge in [0.05, 0.1) is 5.69 Å². The van der Waals surface area contributed by atoms with Crippen molar-refractivity contribution in [2.45, 2.75) is 77.8 Å². The van der Waals surface area contributed by atoms with Gasteiger partial charge in [0.25, 0.3) is 0 Å². The first-order valence-corrected chi connectivity index (χ1v) is 7.52. The Balaban J connectivity index is 1.80. The van der Waals surface area contributed by atoms with E-state index in [0.717, 1.165) is 11.6 Å². The van der Waals surface area contributed by atoms with Crippen LogP contribution in [0.2, 0.25) is 0 Å². The molecule has 1 aliphatic rings. The summed E-state index contributed by atoms with van der Waals surface area (Å²) in [5.74, 6) is 1.08. The lowest BCUT2D eigenvalue weighted by Crippen LogP contribution is -2.18. The van der Waals surface area contributed by atoms with Crippen molar-refractivity contribution in [3.05, 3.63) is 11.9 Å². The molecule has 18 heavy (non-hydrogen) atoms. The maximum Gasteiger partial charge on any atom is 0.203 e. The lowest BCUT2D eigenvalue weighted by molar-refractivity contribution is 0.587. The van der Waals surface area contributed by atoms with Gasteiger partial charge in [0.1, 0.15) is 0 Å². The van der Waals surface area contributed by atoms with Crippen molar-refractivity contribution in [2.24, 2.45) is 0 Å². The van der Waals surface area contributed by atoms with E-state index >= 15 is 0 Å². The highest BCUT2D eigenvalue weighted by molar-refractivity contribution is 5.31. The normalized spacial score (nSPS) is 16.8. The van der Waals surface area contributed by atoms with Crippen LogP contribution >= 0.6 is 0 Å². The Kier molecular flexibility index (Phi) is 4.67. The van der Waals surface area contributed by atoms with Crippen LogP contribution in [-0.2, 0) is 0 Å². The zero-order valence-corrected chi connectivity index (χ0v) is 12.1. The highest BCUT2D eigenvalue weighted by Crippen LogP contribution is 2.37. The van der Waals surface area contributed by atoms with Crippen LogP contribution in [0.5, 0.6) is 0 Å². The highest BCUT2D eigenvalue weighted by Gasteiger charge is 2.26. The van der Waals surface area contributed by atoms with E-state index in [4.69, 9.17) is 0 Å². The molecule has 1 saturated carbocycles. The largest absolute Gasteiger partial charge is 0.353 e. The number of aryl methyl sites for hydroxylation is 1. The zero-order chi connectivity index (χ0) is 13.0. The van der Waals surface area contributed by atoms with Gasteiger partial charge < -0.3 is 9.88 Å². The molecule has 0 amide bonds. The van der Waals surface area contributed by atoms with E-state index in [1.54, 1.807) is 0 Å². The molecule has 1 aromatic rings. The van der Waals surface area contributed by atoms with Crippen molar-refractivity contribution in [1.29, 1.82) is 0 Å². The monoisotopic (exact) mass is 249 g/mol. The fraction of sp³-hybridized carbons (Fsp3) is 0.800. The third kappa shape index (κ3) is 3.76. The first-order valence-electron chi connectivity index (χ1n) is 7.52. The summed E-state index contributed by atoms with van der Waals surface area (Å²) in [6, 6.07) is 1.24. The van der Waals surface area contributed by atoms with Crippen LogP contribution < -0.4 is 5.32 Å². The fourth-order valence-electron chi connectivity index (χ4n) is 2.42. The molecule has 1 aromatic heterocycles. The number of hydrogen-bond acceptors (Lipinski definition) is 2. The second-order valence-corrected chi connectivity index (χ2v) is 5.74. The number of nitrogens with zero attached hydrogens (tertiary/aromatic N) is 2. The van der Waals surface area contributed by atoms with Gasteiger partial charge in [0.15, 0.2) is 0 Å². The SMILES string of the molecule is CCCCCCC(C)Nc1nc(C)cn1C1CC1. The van der Waals surface area contributed by atoms with Gasteiger partial charge in [-0.2, -0.15) is 0 Å². The van der Waals surface area contributed by atoms with E-state index in [1.807, 2.05) is 0 Å². The molecule has 3 heteroatoms. The summed E-state index contributed by atoms with van der Waals surface area (Å²) in [7, 11) is 0. The molecule has 0 aliphatic heterocycles. The van der Waals surface area contributed by atoms with Crippen LogP contribution in [0.3, 0.4) is 0 Å². The Labute approximate surface area is 111 Å². The maximum absolute atomic E-state index is 4.61. The van der Waals surface area contributed by atoms with Gasteiger partial charge in [-0.3, -0.25) is 0 Å². The number of rotatable bonds is 8. The van der Waals surface area contributed by atoms with Crippen LogP contribution in [0.25, 0.3) is 0 Å². The van der Waals surface area contributed by atoms with E-state index in [9.17, 15) is 0 Å². The van der Waals surface area contributed by atoms with Crippen molar-refractivity contribution < 1.29 is 0 Å². The summed E-state index contributed by atoms with van der Waals surface area (Å²) in [5, 5.41) is 3.58. The number of aromatic nitrogens is 2. The standard InChI is InChI=1S/C15H27N3/c1-4-5-6-7-8-12(2)16-15-17-13(3)11-18(15)14-9-10-14/h11-12,14H,4-10H2,1-3H3,(H,16,17). The molecule has 1 atom stereocenters. The molecule has 1 aliphatic carbocycles. The molecule has 1 heterocycles. The van der Waals surface area contributed by atoms with E-state index in [-0.39, 0.29) is 0 Å². The van der Waals surface area contributed by atoms with Gasteiger partial charge in [0, 0.05) is 18.3 Å². The molecule has 3 nitrogen and oxygen atoms in total. The molecular weight excluding hydrogens is 222 g/mol. The Hall–Kier alpha value is -0.990. The van der Waals surface area contributed by atoms with Crippen molar-refractivity contribution >= 4 is 5.95 Å². The summed E-state index contributed by atoms with van der Waals surface area (Å²) in [6.07, 6.45) is 11.4. The number of hydrogen-bond donors (Lipinski definition) is 1. The lowest BCUT2D eigenvalue weighted by atomic mass is 10.1. The molecular formula is C15H27N3. The molecule has 0 spiro atoms. The Morgan fingerprint density at radius 1 is 1.39 bits per heavy atom. The van der Waals surface area contributed by atoms with E-state index in [0.29, 0.717) is 12.1 Å². The van der Waals surface area contributed by atoms with E-state index in [1.165, 1.54) is 44.9 Å². The van der Waals surface area contributed by atoms with Crippen LogP contribution in [-0.4, -0.2) is 15.6 Å². The van der Waals surface area contributed by atoms with Gasteiger partial charge in [-0.1, -0.05) is 32.6 Å². The number of nitrogens with one attached hydrogen (secondary N) is 1. The molecule has 0 aromatic carbocycles. The zero-order valence-electron chi connectivity index (χ0n) is 12.1. The summed E-state index contributed by atoms with van der Waals surface area (Å²) in [6.45, 7) is 6.61. The van der Waals surface area contributed by atoms with Crippen LogP contribution in [0.4, 0.5) is 5.95 Å². The fourth-order valence-corrected chi connectivity index (χ4v) is 2.42. The van der Waals surface area contributed by atoms with Crippen LogP contribution in [0.15, 0.2) is 6.20 Å². The highest BCUT2D eigenvalue weighted by atomic mass is 15.2. The third-order valence-electron chi connectivity index (χ3n) is 3.66. The van der Waals surface area contributed by atoms with Crippen LogP contribution in [0, 0.1) is 6.92 Å². The van der Waals surface area contributed by atoms with Crippen molar-refractivity contribution in [2.75, 3.05) is 5.32 Å². The van der Waals surface area contributed by atoms with E-state index < -0.39 is 0 Å². The lowest BCUT2D eigenvalue weighted by Gasteiger charge is -2.15. The van der Waals surface area contributed by atoms with Crippen molar-refractivity contribution in [3.63, 3.8) is 0 Å². The second-order valence-electron chi connectivity index (χ2n) is 5.74. The van der Waals surface area contributed by atoms with E-state index in [2.05, 4.69) is 41.8 Å². The minimum absolute atomic E-state index is 0.529. The van der Waals surface area contributed by atoms with Gasteiger partial charge in [-0.05, 0) is 33.1 Å². The van der Waals surface area contributed by atoms with Gasteiger partial charge in [-0.15, -0.1) is 0 Å². The van der Waals surface area contributed by atoms with Crippen LogP contribution in [0.1, 0.15) is 70.5 Å². The molecule has 0 bridgehead atoms. The predicted octanol–water partition coefficient (Wildman–Crippen LogP) is 4.30. The van der Waals surface area contributed by atoms with Crippen molar-refractivity contribution in [1.82, 2.24) is 9.55 Å². The topological polar surface area (TPSA) is 29.9 Å². The molecule has 0 radical (unpaired) electrons. The second kappa shape index (κ2) is 6.26. The molecule has 1 unspecified atom stereocenters. The number of imidazole rings is 1. The molecule has 102 valence electrons. The quantitative estimate of drug-likeness (QED) is 0.696. The van der Waals surface area contributed by atoms with Gasteiger partial charge >= 0.3 is 0 Å². The Morgan fingerprint density at radius 2 is 2.17 bits per heavy atom. The molecule has 1 N–H and O–H groups in total. The minimum atomic E-state index is 0.529. The summed E-state index contributed by atoms with van der Waals surface area (Å²) in [4.78, 5) is 4.61. The molecule has 2 rings (SSSR count). The van der Waals surface area contributed by atoms with Crippen molar-refractivity contribution in [3.8, 4) is 0 Å². The Morgan fingerprint density at radius 3 is 2.83 bits per heavy atom.